The van der Waals surface area contributed by atoms with Crippen molar-refractivity contribution in [2.75, 3.05) is 19.5 Å². The second kappa shape index (κ2) is 11.2. The van der Waals surface area contributed by atoms with Crippen molar-refractivity contribution in [1.82, 2.24) is 20.2 Å². The van der Waals surface area contributed by atoms with Crippen LogP contribution in [0, 0.1) is 12.7 Å². The number of hydrogen-bond donors (Lipinski definition) is 1. The topological polar surface area (TPSA) is 108 Å². The molecular weight excluding hydrogens is 485 g/mol. The van der Waals surface area contributed by atoms with Crippen LogP contribution in [0.1, 0.15) is 40.3 Å². The highest BCUT2D eigenvalue weighted by Crippen LogP contribution is 2.35. The molecule has 0 saturated carbocycles. The highest BCUT2D eigenvalue weighted by atomic mass is 32.1. The molecule has 0 spiro atoms. The first-order chi connectivity index (χ1) is 17.4. The van der Waals surface area contributed by atoms with E-state index in [1.165, 1.54) is 25.4 Å². The minimum atomic E-state index is -0.518. The molecule has 4 rings (SSSR count). The van der Waals surface area contributed by atoms with E-state index < -0.39 is 11.7 Å². The van der Waals surface area contributed by atoms with E-state index in [4.69, 9.17) is 14.2 Å². The lowest BCUT2D eigenvalue weighted by Crippen LogP contribution is -2.14. The van der Waals surface area contributed by atoms with Gasteiger partial charge in [-0.2, -0.15) is 0 Å². The standard InChI is InChI=1S/C25H24FN5O4S/c1-14-10-18(22-20(26)6-5-7-21(22)34-4)19(12-27-14)23(32)29-24-30-31-25(36-24)35-13-17-9-8-16(11-28-17)15(2)33-3/h5-12,15H,13H2,1-4H3,(H,29,30,32). The van der Waals surface area contributed by atoms with Crippen LogP contribution >= 0.6 is 11.3 Å². The van der Waals surface area contributed by atoms with Crippen LogP contribution in [0.4, 0.5) is 9.52 Å². The van der Waals surface area contributed by atoms with E-state index in [9.17, 15) is 9.18 Å². The van der Waals surface area contributed by atoms with Gasteiger partial charge in [-0.25, -0.2) is 4.39 Å². The van der Waals surface area contributed by atoms with Gasteiger partial charge in [0.25, 0.3) is 11.1 Å². The lowest BCUT2D eigenvalue weighted by atomic mass is 9.98. The van der Waals surface area contributed by atoms with Crippen LogP contribution in [0.15, 0.2) is 48.8 Å². The number of ether oxygens (including phenoxy) is 3. The molecule has 1 aromatic carbocycles. The molecule has 1 N–H and O–H groups in total. The van der Waals surface area contributed by atoms with Crippen LogP contribution in [0.3, 0.4) is 0 Å². The zero-order chi connectivity index (χ0) is 25.7. The molecule has 0 aliphatic heterocycles. The van der Waals surface area contributed by atoms with E-state index in [-0.39, 0.29) is 34.2 Å². The molecule has 0 bridgehead atoms. The molecule has 9 nitrogen and oxygen atoms in total. The van der Waals surface area contributed by atoms with Gasteiger partial charge in [-0.15, -0.1) is 5.10 Å². The SMILES string of the molecule is COc1cccc(F)c1-c1cc(C)ncc1C(=O)Nc1nnc(OCc2ccc(C(C)OC)cn2)s1. The minimum Gasteiger partial charge on any atom is -0.496 e. The third-order valence-electron chi connectivity index (χ3n) is 5.39. The molecule has 1 amide bonds. The average molecular weight is 510 g/mol. The number of nitrogens with one attached hydrogen (secondary N) is 1. The van der Waals surface area contributed by atoms with Crippen molar-refractivity contribution in [2.45, 2.75) is 26.6 Å². The maximum atomic E-state index is 14.8. The number of carbonyl (C=O) groups excluding carboxylic acids is 1. The highest BCUT2D eigenvalue weighted by molar-refractivity contribution is 7.17. The van der Waals surface area contributed by atoms with Gasteiger partial charge < -0.3 is 14.2 Å². The maximum absolute atomic E-state index is 14.8. The summed E-state index contributed by atoms with van der Waals surface area (Å²) in [5, 5.41) is 11.1. The van der Waals surface area contributed by atoms with E-state index in [1.807, 2.05) is 19.1 Å². The summed E-state index contributed by atoms with van der Waals surface area (Å²) < 4.78 is 31.0. The molecule has 0 aliphatic carbocycles. The Bertz CT molecular complexity index is 1360. The molecule has 0 fully saturated rings. The summed E-state index contributed by atoms with van der Waals surface area (Å²) in [6, 6.07) is 9.88. The summed E-state index contributed by atoms with van der Waals surface area (Å²) in [4.78, 5) is 21.7. The number of aryl methyl sites for hydroxylation is 1. The van der Waals surface area contributed by atoms with Crippen LogP contribution in [0.5, 0.6) is 10.9 Å². The Balaban J connectivity index is 1.48. The van der Waals surface area contributed by atoms with Gasteiger partial charge in [-0.3, -0.25) is 20.1 Å². The molecule has 1 unspecified atom stereocenters. The zero-order valence-corrected chi connectivity index (χ0v) is 20.9. The summed E-state index contributed by atoms with van der Waals surface area (Å²) in [7, 11) is 3.08. The Morgan fingerprint density at radius 1 is 1.14 bits per heavy atom. The van der Waals surface area contributed by atoms with Crippen LogP contribution in [-0.2, 0) is 11.3 Å². The van der Waals surface area contributed by atoms with Crippen LogP contribution < -0.4 is 14.8 Å². The van der Waals surface area contributed by atoms with Crippen molar-refractivity contribution < 1.29 is 23.4 Å². The lowest BCUT2D eigenvalue weighted by molar-refractivity contribution is 0.102. The monoisotopic (exact) mass is 509 g/mol. The summed E-state index contributed by atoms with van der Waals surface area (Å²) >= 11 is 1.06. The fourth-order valence-electron chi connectivity index (χ4n) is 3.40. The normalized spacial score (nSPS) is 11.7. The molecule has 0 saturated heterocycles. The van der Waals surface area contributed by atoms with Gasteiger partial charge in [0.1, 0.15) is 18.2 Å². The number of amides is 1. The Kier molecular flexibility index (Phi) is 7.81. The Hall–Kier alpha value is -3.96. The fraction of sp³-hybridized carbons (Fsp3) is 0.240. The van der Waals surface area contributed by atoms with E-state index in [2.05, 4.69) is 25.5 Å². The van der Waals surface area contributed by atoms with Gasteiger partial charge in [0.05, 0.1) is 30.0 Å². The van der Waals surface area contributed by atoms with Crippen LogP contribution in [0.2, 0.25) is 0 Å². The Labute approximate surface area is 211 Å². The van der Waals surface area contributed by atoms with E-state index in [1.54, 1.807) is 32.4 Å². The van der Waals surface area contributed by atoms with Crippen molar-refractivity contribution in [1.29, 1.82) is 0 Å². The molecular formula is C25H24FN5O4S. The number of aromatic nitrogens is 4. The second-order valence-electron chi connectivity index (χ2n) is 7.77. The van der Waals surface area contributed by atoms with Crippen molar-refractivity contribution >= 4 is 22.4 Å². The third kappa shape index (κ3) is 5.64. The van der Waals surface area contributed by atoms with Crippen molar-refractivity contribution in [3.63, 3.8) is 0 Å². The van der Waals surface area contributed by atoms with E-state index >= 15 is 0 Å². The summed E-state index contributed by atoms with van der Waals surface area (Å²) in [6.07, 6.45) is 3.08. The molecule has 0 aliphatic rings. The number of anilines is 1. The Morgan fingerprint density at radius 3 is 2.69 bits per heavy atom. The number of benzene rings is 1. The first-order valence-corrected chi connectivity index (χ1v) is 11.8. The number of hydrogen-bond acceptors (Lipinski definition) is 9. The van der Waals surface area contributed by atoms with Gasteiger partial charge in [0, 0.05) is 30.8 Å². The zero-order valence-electron chi connectivity index (χ0n) is 20.1. The van der Waals surface area contributed by atoms with Gasteiger partial charge in [-0.05, 0) is 55.0 Å². The molecule has 186 valence electrons. The second-order valence-corrected chi connectivity index (χ2v) is 8.71. The van der Waals surface area contributed by atoms with Gasteiger partial charge >= 0.3 is 0 Å². The number of methoxy groups -OCH3 is 2. The lowest BCUT2D eigenvalue weighted by Gasteiger charge is -2.14. The molecule has 4 aromatic rings. The first kappa shape index (κ1) is 25.1. The molecule has 1 atom stereocenters. The van der Waals surface area contributed by atoms with Gasteiger partial charge in [-0.1, -0.05) is 17.2 Å². The number of rotatable bonds is 9. The minimum absolute atomic E-state index is 0.0504. The Morgan fingerprint density at radius 2 is 1.97 bits per heavy atom. The number of carbonyl (C=O) groups is 1. The first-order valence-electron chi connectivity index (χ1n) is 10.9. The van der Waals surface area contributed by atoms with E-state index in [0.717, 1.165) is 16.9 Å². The number of halogens is 1. The van der Waals surface area contributed by atoms with Gasteiger partial charge in [0.2, 0.25) is 5.13 Å². The summed E-state index contributed by atoms with van der Waals surface area (Å²) in [6.45, 7) is 3.88. The van der Waals surface area contributed by atoms with Crippen molar-refractivity contribution in [2.24, 2.45) is 0 Å². The summed E-state index contributed by atoms with van der Waals surface area (Å²) in [5.41, 5.74) is 2.98. The molecule has 3 aromatic heterocycles. The van der Waals surface area contributed by atoms with Crippen molar-refractivity contribution in [3.05, 3.63) is 77.1 Å². The van der Waals surface area contributed by atoms with E-state index in [0.29, 0.717) is 22.7 Å². The summed E-state index contributed by atoms with van der Waals surface area (Å²) in [5.74, 6) is -0.728. The smallest absolute Gasteiger partial charge is 0.296 e. The highest BCUT2D eigenvalue weighted by Gasteiger charge is 2.21. The van der Waals surface area contributed by atoms with Gasteiger partial charge in [0.15, 0.2) is 0 Å². The van der Waals surface area contributed by atoms with Crippen LogP contribution in [0.25, 0.3) is 11.1 Å². The quantitative estimate of drug-likeness (QED) is 0.336. The molecule has 11 heteroatoms. The molecule has 36 heavy (non-hydrogen) atoms. The maximum Gasteiger partial charge on any atom is 0.296 e. The third-order valence-corrected chi connectivity index (χ3v) is 6.14. The predicted molar refractivity (Wildman–Crippen MR) is 133 cm³/mol. The average Bonchev–Trinajstić information content (AvgIpc) is 3.34. The largest absolute Gasteiger partial charge is 0.496 e. The van der Waals surface area contributed by atoms with Crippen LogP contribution in [-0.4, -0.2) is 40.3 Å². The fourth-order valence-corrected chi connectivity index (χ4v) is 3.99. The predicted octanol–water partition coefficient (Wildman–Crippen LogP) is 4.99. The number of pyridine rings is 2. The van der Waals surface area contributed by atoms with Crippen molar-refractivity contribution in [3.8, 4) is 22.1 Å². The molecule has 3 heterocycles. The number of nitrogens with zero attached hydrogens (tertiary/aromatic N) is 4. The molecule has 0 radical (unpaired) electrons.